The molecule has 3 fully saturated rings. The number of aryl methyl sites for hydroxylation is 1. The molecular formula is C23H30ClN5O4S. The van der Waals surface area contributed by atoms with Crippen molar-refractivity contribution in [1.29, 1.82) is 5.26 Å². The smallest absolute Gasteiger partial charge is 0.282 e. The quantitative estimate of drug-likeness (QED) is 0.629. The second-order valence-electron chi connectivity index (χ2n) is 9.35. The molecule has 0 aromatic heterocycles. The highest BCUT2D eigenvalue weighted by Gasteiger charge is 2.44. The molecule has 3 heterocycles. The van der Waals surface area contributed by atoms with Gasteiger partial charge in [0.1, 0.15) is 6.04 Å². The molecule has 2 amide bonds. The molecule has 3 aliphatic heterocycles. The summed E-state index contributed by atoms with van der Waals surface area (Å²) in [5.41, 5.74) is 1.85. The first kappa shape index (κ1) is 24.9. The Morgan fingerprint density at radius 2 is 1.88 bits per heavy atom. The molecule has 0 aliphatic carbocycles. The van der Waals surface area contributed by atoms with E-state index in [0.29, 0.717) is 37.4 Å². The Balaban J connectivity index is 1.36. The number of piperidine rings is 1. The van der Waals surface area contributed by atoms with E-state index in [2.05, 4.69) is 11.4 Å². The SMILES string of the molecule is Cc1ccc(CNC(=O)[C@H]2CCCN2C(=O)[C@H]2CCCN(S(=O)(=O)N3CC(C#N)C3)C2)c(Cl)c1. The molecule has 4 rings (SSSR count). The van der Waals surface area contributed by atoms with Gasteiger partial charge in [-0.25, -0.2) is 0 Å². The molecule has 1 N–H and O–H groups in total. The predicted octanol–water partition coefficient (Wildman–Crippen LogP) is 1.67. The highest BCUT2D eigenvalue weighted by molar-refractivity contribution is 7.86. The maximum atomic E-state index is 13.4. The molecule has 11 heteroatoms. The summed E-state index contributed by atoms with van der Waals surface area (Å²) in [6, 6.07) is 7.18. The fourth-order valence-electron chi connectivity index (χ4n) is 4.86. The van der Waals surface area contributed by atoms with Crippen LogP contribution >= 0.6 is 11.6 Å². The number of rotatable bonds is 6. The van der Waals surface area contributed by atoms with Gasteiger partial charge in [0.2, 0.25) is 11.8 Å². The van der Waals surface area contributed by atoms with Crippen LogP contribution in [0.4, 0.5) is 0 Å². The van der Waals surface area contributed by atoms with Crippen LogP contribution in [0.2, 0.25) is 5.02 Å². The lowest BCUT2D eigenvalue weighted by molar-refractivity contribution is -0.142. The van der Waals surface area contributed by atoms with E-state index in [1.165, 1.54) is 8.61 Å². The van der Waals surface area contributed by atoms with Crippen LogP contribution in [0.15, 0.2) is 18.2 Å². The molecule has 0 spiro atoms. The van der Waals surface area contributed by atoms with Gasteiger partial charge >= 0.3 is 0 Å². The maximum Gasteiger partial charge on any atom is 0.282 e. The average Bonchev–Trinajstić information content (AvgIpc) is 3.27. The molecule has 0 bridgehead atoms. The molecule has 0 radical (unpaired) electrons. The van der Waals surface area contributed by atoms with Crippen LogP contribution in [0, 0.1) is 30.1 Å². The normalized spacial score (nSPS) is 24.4. The number of benzene rings is 1. The summed E-state index contributed by atoms with van der Waals surface area (Å²) < 4.78 is 28.5. The lowest BCUT2D eigenvalue weighted by Gasteiger charge is -2.41. The van der Waals surface area contributed by atoms with E-state index < -0.39 is 22.2 Å². The van der Waals surface area contributed by atoms with E-state index in [0.717, 1.165) is 17.5 Å². The summed E-state index contributed by atoms with van der Waals surface area (Å²) in [6.45, 7) is 3.59. The second kappa shape index (κ2) is 10.2. The van der Waals surface area contributed by atoms with Crippen LogP contribution in [0.3, 0.4) is 0 Å². The van der Waals surface area contributed by atoms with Crippen molar-refractivity contribution in [3.05, 3.63) is 34.3 Å². The van der Waals surface area contributed by atoms with Crippen molar-refractivity contribution < 1.29 is 18.0 Å². The summed E-state index contributed by atoms with van der Waals surface area (Å²) in [6.07, 6.45) is 2.49. The number of hydrogen-bond acceptors (Lipinski definition) is 5. The van der Waals surface area contributed by atoms with E-state index in [1.807, 2.05) is 25.1 Å². The standard InChI is InChI=1S/C23H30ClN5O4S/c1-16-6-7-18(20(24)10-16)12-26-22(30)21-5-3-9-29(21)23(31)19-4-2-8-27(15-19)34(32,33)28-13-17(11-25)14-28/h6-7,10,17,19,21H,2-5,8-9,12-15H2,1H3,(H,26,30)/t19-,21+/m0/s1. The first-order valence-electron chi connectivity index (χ1n) is 11.7. The predicted molar refractivity (Wildman–Crippen MR) is 127 cm³/mol. The average molecular weight is 508 g/mol. The van der Waals surface area contributed by atoms with Crippen molar-refractivity contribution in [1.82, 2.24) is 18.8 Å². The number of carbonyl (C=O) groups is 2. The van der Waals surface area contributed by atoms with Crippen molar-refractivity contribution in [2.24, 2.45) is 11.8 Å². The first-order chi connectivity index (χ1) is 16.2. The lowest BCUT2D eigenvalue weighted by atomic mass is 9.97. The third-order valence-electron chi connectivity index (χ3n) is 6.92. The fourth-order valence-corrected chi connectivity index (χ4v) is 6.95. The Bertz CT molecular complexity index is 1100. The summed E-state index contributed by atoms with van der Waals surface area (Å²) in [5, 5.41) is 12.4. The number of hydrogen-bond donors (Lipinski definition) is 1. The van der Waals surface area contributed by atoms with Gasteiger partial charge in [0.25, 0.3) is 10.2 Å². The van der Waals surface area contributed by atoms with Gasteiger partial charge in [0, 0.05) is 44.3 Å². The fraction of sp³-hybridized carbons (Fsp3) is 0.609. The van der Waals surface area contributed by atoms with E-state index in [4.69, 9.17) is 16.9 Å². The second-order valence-corrected chi connectivity index (χ2v) is 11.7. The molecule has 3 saturated heterocycles. The van der Waals surface area contributed by atoms with E-state index in [-0.39, 0.29) is 43.9 Å². The molecular weight excluding hydrogens is 478 g/mol. The van der Waals surface area contributed by atoms with Crippen molar-refractivity contribution in [2.75, 3.05) is 32.7 Å². The van der Waals surface area contributed by atoms with Gasteiger partial charge in [-0.1, -0.05) is 23.7 Å². The Morgan fingerprint density at radius 1 is 1.15 bits per heavy atom. The number of likely N-dealkylation sites (tertiary alicyclic amines) is 1. The van der Waals surface area contributed by atoms with Gasteiger partial charge in [-0.3, -0.25) is 9.59 Å². The first-order valence-corrected chi connectivity index (χ1v) is 13.5. The third kappa shape index (κ3) is 5.08. The summed E-state index contributed by atoms with van der Waals surface area (Å²) in [4.78, 5) is 27.9. The van der Waals surface area contributed by atoms with Crippen LogP contribution in [-0.4, -0.2) is 72.5 Å². The summed E-state index contributed by atoms with van der Waals surface area (Å²) in [7, 11) is -3.68. The molecule has 184 valence electrons. The zero-order valence-electron chi connectivity index (χ0n) is 19.2. The number of nitrogens with one attached hydrogen (secondary N) is 1. The molecule has 0 saturated carbocycles. The topological polar surface area (TPSA) is 114 Å². The Morgan fingerprint density at radius 3 is 2.59 bits per heavy atom. The van der Waals surface area contributed by atoms with Crippen molar-refractivity contribution in [3.63, 3.8) is 0 Å². The Hall–Kier alpha value is -2.19. The van der Waals surface area contributed by atoms with Crippen molar-refractivity contribution >= 4 is 33.6 Å². The molecule has 3 aliphatic rings. The van der Waals surface area contributed by atoms with Crippen LogP contribution in [0.1, 0.15) is 36.8 Å². The zero-order valence-corrected chi connectivity index (χ0v) is 20.8. The summed E-state index contributed by atoms with van der Waals surface area (Å²) >= 11 is 6.27. The van der Waals surface area contributed by atoms with Crippen LogP contribution in [0.5, 0.6) is 0 Å². The lowest BCUT2D eigenvalue weighted by Crippen LogP contribution is -2.57. The minimum Gasteiger partial charge on any atom is -0.350 e. The van der Waals surface area contributed by atoms with Gasteiger partial charge in [-0.2, -0.15) is 22.3 Å². The Kier molecular flexibility index (Phi) is 7.48. The van der Waals surface area contributed by atoms with Crippen LogP contribution in [-0.2, 0) is 26.3 Å². The molecule has 1 aromatic carbocycles. The van der Waals surface area contributed by atoms with Gasteiger partial charge in [0.05, 0.1) is 17.9 Å². The Labute approximate surface area is 205 Å². The molecule has 34 heavy (non-hydrogen) atoms. The number of amides is 2. The van der Waals surface area contributed by atoms with Crippen molar-refractivity contribution in [2.45, 2.75) is 45.2 Å². The maximum absolute atomic E-state index is 13.4. The number of nitrogens with zero attached hydrogens (tertiary/aromatic N) is 4. The van der Waals surface area contributed by atoms with E-state index >= 15 is 0 Å². The number of carbonyl (C=O) groups excluding carboxylic acids is 2. The third-order valence-corrected chi connectivity index (χ3v) is 9.20. The highest BCUT2D eigenvalue weighted by Crippen LogP contribution is 2.29. The van der Waals surface area contributed by atoms with Gasteiger partial charge in [-0.05, 0) is 49.8 Å². The monoisotopic (exact) mass is 507 g/mol. The minimum absolute atomic E-state index is 0.110. The van der Waals surface area contributed by atoms with Crippen LogP contribution < -0.4 is 5.32 Å². The highest BCUT2D eigenvalue weighted by atomic mass is 35.5. The van der Waals surface area contributed by atoms with E-state index in [9.17, 15) is 18.0 Å². The van der Waals surface area contributed by atoms with Gasteiger partial charge in [0.15, 0.2) is 0 Å². The van der Waals surface area contributed by atoms with Gasteiger partial charge in [-0.15, -0.1) is 0 Å². The van der Waals surface area contributed by atoms with Gasteiger partial charge < -0.3 is 10.2 Å². The minimum atomic E-state index is -3.68. The molecule has 2 atom stereocenters. The van der Waals surface area contributed by atoms with Crippen LogP contribution in [0.25, 0.3) is 0 Å². The molecule has 0 unspecified atom stereocenters. The zero-order chi connectivity index (χ0) is 24.5. The van der Waals surface area contributed by atoms with Crippen molar-refractivity contribution in [3.8, 4) is 6.07 Å². The largest absolute Gasteiger partial charge is 0.350 e. The van der Waals surface area contributed by atoms with E-state index in [1.54, 1.807) is 4.90 Å². The number of nitriles is 1. The number of halogens is 1. The molecule has 9 nitrogen and oxygen atoms in total. The molecule has 1 aromatic rings. The summed E-state index contributed by atoms with van der Waals surface area (Å²) in [5.74, 6) is -1.12.